The molecule has 0 fully saturated rings. The first-order valence-corrected chi connectivity index (χ1v) is 7.79. The summed E-state index contributed by atoms with van der Waals surface area (Å²) in [6.45, 7) is 11.5. The van der Waals surface area contributed by atoms with E-state index in [9.17, 15) is 19.6 Å². The molecule has 1 aromatic heterocycles. The summed E-state index contributed by atoms with van der Waals surface area (Å²) in [5, 5.41) is 18.9. The molecule has 1 rings (SSSR count). The van der Waals surface area contributed by atoms with Gasteiger partial charge in [-0.25, -0.2) is 9.59 Å². The molecule has 25 heavy (non-hydrogen) atoms. The minimum absolute atomic E-state index is 0.0501. The molecule has 8 nitrogen and oxygen atoms in total. The van der Waals surface area contributed by atoms with Crippen LogP contribution in [0.3, 0.4) is 0 Å². The Bertz CT molecular complexity index is 621. The Morgan fingerprint density at radius 3 is 1.80 bits per heavy atom. The molecular formula is C16H25BN2O6. The molecule has 0 atom stereocenters. The van der Waals surface area contributed by atoms with Gasteiger partial charge in [0.2, 0.25) is 0 Å². The molecule has 0 aliphatic carbocycles. The number of hydrogen-bond donors (Lipinski definition) is 2. The maximum atomic E-state index is 12.6. The van der Waals surface area contributed by atoms with Crippen molar-refractivity contribution in [2.45, 2.75) is 59.7 Å². The quantitative estimate of drug-likeness (QED) is 0.781. The van der Waals surface area contributed by atoms with Crippen LogP contribution in [0.25, 0.3) is 0 Å². The van der Waals surface area contributed by atoms with Gasteiger partial charge in [0.15, 0.2) is 0 Å². The molecule has 1 aromatic rings. The fourth-order valence-corrected chi connectivity index (χ4v) is 1.90. The minimum Gasteiger partial charge on any atom is -0.443 e. The van der Waals surface area contributed by atoms with Gasteiger partial charge in [-0.3, -0.25) is 4.98 Å². The maximum absolute atomic E-state index is 12.6. The second-order valence-electron chi connectivity index (χ2n) is 7.54. The van der Waals surface area contributed by atoms with Gasteiger partial charge >= 0.3 is 19.3 Å². The van der Waals surface area contributed by atoms with E-state index in [0.29, 0.717) is 10.5 Å². The third-order valence-corrected chi connectivity index (χ3v) is 2.90. The second kappa shape index (κ2) is 7.41. The number of imide groups is 1. The number of rotatable bonds is 2. The van der Waals surface area contributed by atoms with Crippen LogP contribution in [-0.2, 0) is 9.47 Å². The maximum Gasteiger partial charge on any atom is 0.490 e. The van der Waals surface area contributed by atoms with Gasteiger partial charge in [0, 0.05) is 11.7 Å². The van der Waals surface area contributed by atoms with Gasteiger partial charge in [-0.1, -0.05) is 0 Å². The summed E-state index contributed by atoms with van der Waals surface area (Å²) in [6, 6.07) is 0. The Kier molecular flexibility index (Phi) is 6.20. The lowest BCUT2D eigenvalue weighted by molar-refractivity contribution is 0.0430. The van der Waals surface area contributed by atoms with Gasteiger partial charge in [-0.2, -0.15) is 4.90 Å². The lowest BCUT2D eigenvalue weighted by Gasteiger charge is -2.29. The first-order chi connectivity index (χ1) is 11.2. The summed E-state index contributed by atoms with van der Waals surface area (Å²) < 4.78 is 10.6. The molecule has 0 saturated heterocycles. The summed E-state index contributed by atoms with van der Waals surface area (Å²) in [4.78, 5) is 29.7. The van der Waals surface area contributed by atoms with Crippen LogP contribution >= 0.6 is 0 Å². The van der Waals surface area contributed by atoms with Gasteiger partial charge in [0.05, 0.1) is 11.9 Å². The normalized spacial score (nSPS) is 11.7. The average molecular weight is 352 g/mol. The fourth-order valence-electron chi connectivity index (χ4n) is 1.90. The van der Waals surface area contributed by atoms with E-state index in [4.69, 9.17) is 9.47 Å². The Morgan fingerprint density at radius 2 is 1.44 bits per heavy atom. The summed E-state index contributed by atoms with van der Waals surface area (Å²) in [5.41, 5.74) is -1.27. The molecule has 2 amide bonds. The summed E-state index contributed by atoms with van der Waals surface area (Å²) in [5.74, 6) is 0. The third-order valence-electron chi connectivity index (χ3n) is 2.90. The molecular weight excluding hydrogens is 327 g/mol. The van der Waals surface area contributed by atoms with E-state index in [1.807, 2.05) is 0 Å². The van der Waals surface area contributed by atoms with Crippen molar-refractivity contribution in [3.05, 3.63) is 18.0 Å². The molecule has 0 unspecified atom stereocenters. The molecule has 0 aromatic carbocycles. The lowest BCUT2D eigenvalue weighted by atomic mass is 9.78. The van der Waals surface area contributed by atoms with Crippen molar-refractivity contribution >= 4 is 30.5 Å². The predicted molar refractivity (Wildman–Crippen MR) is 93.7 cm³/mol. The number of carbonyl (C=O) groups excluding carboxylic acids is 2. The van der Waals surface area contributed by atoms with Crippen LogP contribution < -0.4 is 10.4 Å². The van der Waals surface area contributed by atoms with Crippen molar-refractivity contribution in [2.75, 3.05) is 4.90 Å². The Hall–Kier alpha value is -2.13. The van der Waals surface area contributed by atoms with Crippen LogP contribution in [0.4, 0.5) is 15.3 Å². The van der Waals surface area contributed by atoms with Crippen molar-refractivity contribution in [2.24, 2.45) is 0 Å². The van der Waals surface area contributed by atoms with E-state index in [1.165, 1.54) is 19.3 Å². The zero-order valence-corrected chi connectivity index (χ0v) is 15.7. The minimum atomic E-state index is -1.80. The van der Waals surface area contributed by atoms with E-state index < -0.39 is 30.5 Å². The first kappa shape index (κ1) is 20.9. The molecule has 0 spiro atoms. The smallest absolute Gasteiger partial charge is 0.443 e. The van der Waals surface area contributed by atoms with Crippen LogP contribution in [0.1, 0.15) is 47.1 Å². The molecule has 1 heterocycles. The summed E-state index contributed by atoms with van der Waals surface area (Å²) in [6.07, 6.45) is 0.605. The fraction of sp³-hybridized carbons (Fsp3) is 0.562. The number of carbonyl (C=O) groups is 2. The van der Waals surface area contributed by atoms with E-state index in [2.05, 4.69) is 4.98 Å². The van der Waals surface area contributed by atoms with Crippen LogP contribution in [0, 0.1) is 6.92 Å². The molecule has 9 heteroatoms. The van der Waals surface area contributed by atoms with Gasteiger partial charge < -0.3 is 19.5 Å². The SMILES string of the molecule is Cc1c(B(O)O)cncc1N(C(=O)OC(C)(C)C)C(=O)OC(C)(C)C. The zero-order valence-electron chi connectivity index (χ0n) is 15.7. The van der Waals surface area contributed by atoms with Crippen molar-refractivity contribution < 1.29 is 29.1 Å². The van der Waals surface area contributed by atoms with Crippen molar-refractivity contribution in [1.29, 1.82) is 0 Å². The lowest BCUT2D eigenvalue weighted by Crippen LogP contribution is -2.45. The largest absolute Gasteiger partial charge is 0.490 e. The Morgan fingerprint density at radius 1 is 1.00 bits per heavy atom. The van der Waals surface area contributed by atoms with Crippen LogP contribution in [0.2, 0.25) is 0 Å². The molecule has 0 bridgehead atoms. The molecule has 0 radical (unpaired) electrons. The van der Waals surface area contributed by atoms with Gasteiger partial charge in [-0.05, 0) is 54.0 Å². The second-order valence-corrected chi connectivity index (χ2v) is 7.54. The summed E-state index contributed by atoms with van der Waals surface area (Å²) >= 11 is 0. The standard InChI is InChI=1S/C16H25BN2O6/c1-10-11(17(22)23)8-18-9-12(10)19(13(20)24-15(2,3)4)14(21)25-16(5,6)7/h8-9,22-23H,1-7H3. The number of amides is 2. The topological polar surface area (TPSA) is 109 Å². The highest BCUT2D eigenvalue weighted by atomic mass is 16.6. The number of anilines is 1. The highest BCUT2D eigenvalue weighted by molar-refractivity contribution is 6.59. The highest BCUT2D eigenvalue weighted by Crippen LogP contribution is 2.23. The molecule has 0 saturated carbocycles. The number of hydrogen-bond acceptors (Lipinski definition) is 7. The van der Waals surface area contributed by atoms with Crippen molar-refractivity contribution in [3.63, 3.8) is 0 Å². The Labute approximate surface area is 147 Å². The number of pyridine rings is 1. The summed E-state index contributed by atoms with van der Waals surface area (Å²) in [7, 11) is -1.80. The zero-order chi connectivity index (χ0) is 19.6. The van der Waals surface area contributed by atoms with Crippen LogP contribution in [-0.4, -0.2) is 45.5 Å². The van der Waals surface area contributed by atoms with Crippen LogP contribution in [0.15, 0.2) is 12.4 Å². The third kappa shape index (κ3) is 6.02. The number of nitrogens with zero attached hydrogens (tertiary/aromatic N) is 2. The average Bonchev–Trinajstić information content (AvgIpc) is 2.36. The van der Waals surface area contributed by atoms with Gasteiger partial charge in [0.25, 0.3) is 0 Å². The first-order valence-electron chi connectivity index (χ1n) is 7.79. The Balaban J connectivity index is 3.39. The molecule has 0 aliphatic heterocycles. The molecule has 0 aliphatic rings. The number of aromatic nitrogens is 1. The molecule has 2 N–H and O–H groups in total. The van der Waals surface area contributed by atoms with Crippen molar-refractivity contribution in [3.8, 4) is 0 Å². The van der Waals surface area contributed by atoms with Crippen LogP contribution in [0.5, 0.6) is 0 Å². The predicted octanol–water partition coefficient (Wildman–Crippen LogP) is 1.75. The van der Waals surface area contributed by atoms with Gasteiger partial charge in [0.1, 0.15) is 11.2 Å². The van der Waals surface area contributed by atoms with E-state index >= 15 is 0 Å². The van der Waals surface area contributed by atoms with E-state index in [-0.39, 0.29) is 11.2 Å². The number of ether oxygens (including phenoxy) is 2. The highest BCUT2D eigenvalue weighted by Gasteiger charge is 2.34. The molecule has 138 valence electrons. The monoisotopic (exact) mass is 352 g/mol. The van der Waals surface area contributed by atoms with E-state index in [1.54, 1.807) is 41.5 Å². The van der Waals surface area contributed by atoms with E-state index in [0.717, 1.165) is 0 Å². The van der Waals surface area contributed by atoms with Gasteiger partial charge in [-0.15, -0.1) is 0 Å². The van der Waals surface area contributed by atoms with Crippen molar-refractivity contribution in [1.82, 2.24) is 4.98 Å².